The quantitative estimate of drug-likeness (QED) is 0.554. The molecule has 0 saturated heterocycles. The Morgan fingerprint density at radius 2 is 1.94 bits per heavy atom. The summed E-state index contributed by atoms with van der Waals surface area (Å²) in [7, 11) is 0. The Morgan fingerprint density at radius 3 is 2.44 bits per heavy atom. The molecule has 0 aliphatic rings. The molecule has 0 fully saturated rings. The number of amides is 1. The van der Waals surface area contributed by atoms with Crippen molar-refractivity contribution in [3.63, 3.8) is 0 Å². The summed E-state index contributed by atoms with van der Waals surface area (Å²) >= 11 is 0. The summed E-state index contributed by atoms with van der Waals surface area (Å²) in [6.45, 7) is 4.66. The van der Waals surface area contributed by atoms with E-state index < -0.39 is 12.0 Å². The minimum atomic E-state index is -0.952. The summed E-state index contributed by atoms with van der Waals surface area (Å²) in [6.07, 6.45) is 4.25. The molecule has 0 aromatic carbocycles. The molecule has 0 radical (unpaired) electrons. The SMILES string of the molecule is CCCC[C@H](NC(=O)CCC(C)CCN)C(=O)O. The zero-order valence-corrected chi connectivity index (χ0v) is 11.4. The highest BCUT2D eigenvalue weighted by molar-refractivity contribution is 5.83. The number of hydrogen-bond donors (Lipinski definition) is 3. The number of carbonyl (C=O) groups is 2. The van der Waals surface area contributed by atoms with Crippen molar-refractivity contribution in [2.75, 3.05) is 6.54 Å². The predicted octanol–water partition coefficient (Wildman–Crippen LogP) is 1.51. The van der Waals surface area contributed by atoms with Crippen molar-refractivity contribution in [1.82, 2.24) is 5.32 Å². The van der Waals surface area contributed by atoms with Crippen LogP contribution in [-0.2, 0) is 9.59 Å². The normalized spacial score (nSPS) is 13.9. The van der Waals surface area contributed by atoms with Crippen LogP contribution in [-0.4, -0.2) is 29.6 Å². The molecule has 18 heavy (non-hydrogen) atoms. The van der Waals surface area contributed by atoms with E-state index in [-0.39, 0.29) is 5.91 Å². The minimum absolute atomic E-state index is 0.178. The van der Waals surface area contributed by atoms with Crippen LogP contribution in [0.1, 0.15) is 52.4 Å². The number of carbonyl (C=O) groups excluding carboxylic acids is 1. The smallest absolute Gasteiger partial charge is 0.326 e. The molecule has 0 aliphatic heterocycles. The third kappa shape index (κ3) is 8.06. The van der Waals surface area contributed by atoms with Gasteiger partial charge in [0.2, 0.25) is 5.91 Å². The van der Waals surface area contributed by atoms with Gasteiger partial charge in [-0.2, -0.15) is 0 Å². The van der Waals surface area contributed by atoms with Crippen LogP contribution < -0.4 is 11.1 Å². The third-order valence-corrected chi connectivity index (χ3v) is 3.00. The first-order chi connectivity index (χ1) is 8.51. The van der Waals surface area contributed by atoms with E-state index in [2.05, 4.69) is 5.32 Å². The van der Waals surface area contributed by atoms with Crippen LogP contribution in [0.15, 0.2) is 0 Å². The number of carboxylic acids is 1. The second kappa shape index (κ2) is 9.88. The number of nitrogens with two attached hydrogens (primary N) is 1. The van der Waals surface area contributed by atoms with Crippen molar-refractivity contribution >= 4 is 11.9 Å². The Kier molecular flexibility index (Phi) is 9.28. The zero-order valence-electron chi connectivity index (χ0n) is 11.4. The van der Waals surface area contributed by atoms with Crippen LogP contribution in [0.3, 0.4) is 0 Å². The molecule has 2 atom stereocenters. The van der Waals surface area contributed by atoms with E-state index in [1.807, 2.05) is 13.8 Å². The highest BCUT2D eigenvalue weighted by Gasteiger charge is 2.19. The Morgan fingerprint density at radius 1 is 1.28 bits per heavy atom. The van der Waals surface area contributed by atoms with Crippen LogP contribution in [0.25, 0.3) is 0 Å². The molecule has 5 heteroatoms. The molecule has 0 spiro atoms. The second-order valence-corrected chi connectivity index (χ2v) is 4.82. The molecule has 0 aromatic rings. The molecule has 0 aliphatic carbocycles. The van der Waals surface area contributed by atoms with Crippen LogP contribution in [0.2, 0.25) is 0 Å². The van der Waals surface area contributed by atoms with Gasteiger partial charge in [-0.3, -0.25) is 4.79 Å². The van der Waals surface area contributed by atoms with Crippen LogP contribution in [0.5, 0.6) is 0 Å². The zero-order chi connectivity index (χ0) is 14.0. The van der Waals surface area contributed by atoms with Crippen LogP contribution in [0, 0.1) is 5.92 Å². The van der Waals surface area contributed by atoms with Gasteiger partial charge in [0.25, 0.3) is 0 Å². The van der Waals surface area contributed by atoms with Crippen molar-refractivity contribution in [2.24, 2.45) is 11.7 Å². The van der Waals surface area contributed by atoms with Gasteiger partial charge in [-0.15, -0.1) is 0 Å². The summed E-state index contributed by atoms with van der Waals surface area (Å²) in [5.74, 6) is -0.728. The number of unbranched alkanes of at least 4 members (excludes halogenated alkanes) is 1. The van der Waals surface area contributed by atoms with Crippen molar-refractivity contribution < 1.29 is 14.7 Å². The monoisotopic (exact) mass is 258 g/mol. The number of carboxylic acid groups (broad SMARTS) is 1. The number of rotatable bonds is 10. The molecule has 4 N–H and O–H groups in total. The van der Waals surface area contributed by atoms with Crippen LogP contribution in [0.4, 0.5) is 0 Å². The van der Waals surface area contributed by atoms with E-state index in [1.54, 1.807) is 0 Å². The first kappa shape index (κ1) is 16.9. The van der Waals surface area contributed by atoms with Gasteiger partial charge in [0, 0.05) is 6.42 Å². The fourth-order valence-electron chi connectivity index (χ4n) is 1.74. The molecule has 5 nitrogen and oxygen atoms in total. The maximum absolute atomic E-state index is 11.6. The largest absolute Gasteiger partial charge is 0.480 e. The summed E-state index contributed by atoms with van der Waals surface area (Å²) in [5, 5.41) is 11.6. The maximum atomic E-state index is 11.6. The second-order valence-electron chi connectivity index (χ2n) is 4.82. The number of nitrogens with one attached hydrogen (secondary N) is 1. The molecule has 0 bridgehead atoms. The average Bonchev–Trinajstić information content (AvgIpc) is 2.32. The predicted molar refractivity (Wildman–Crippen MR) is 71.2 cm³/mol. The summed E-state index contributed by atoms with van der Waals surface area (Å²) in [6, 6.07) is -0.748. The standard InChI is InChI=1S/C13H26N2O3/c1-3-4-5-11(13(17)18)15-12(16)7-6-10(2)8-9-14/h10-11H,3-9,14H2,1-2H3,(H,15,16)(H,17,18)/t10?,11-/m0/s1. The molecule has 1 unspecified atom stereocenters. The first-order valence-electron chi connectivity index (χ1n) is 6.73. The summed E-state index contributed by atoms with van der Waals surface area (Å²) < 4.78 is 0. The maximum Gasteiger partial charge on any atom is 0.326 e. The van der Waals surface area contributed by atoms with Gasteiger partial charge in [0.15, 0.2) is 0 Å². The minimum Gasteiger partial charge on any atom is -0.480 e. The van der Waals surface area contributed by atoms with Crippen LogP contribution >= 0.6 is 0 Å². The highest BCUT2D eigenvalue weighted by atomic mass is 16.4. The van der Waals surface area contributed by atoms with Crippen molar-refractivity contribution in [1.29, 1.82) is 0 Å². The Bertz CT molecular complexity index is 257. The van der Waals surface area contributed by atoms with Gasteiger partial charge < -0.3 is 16.2 Å². The Labute approximate surface area is 109 Å². The molecule has 106 valence electrons. The van der Waals surface area contributed by atoms with Gasteiger partial charge in [0.05, 0.1) is 0 Å². The molecular weight excluding hydrogens is 232 g/mol. The molecule has 1 amide bonds. The summed E-state index contributed by atoms with van der Waals surface area (Å²) in [4.78, 5) is 22.6. The van der Waals surface area contributed by atoms with Gasteiger partial charge in [0.1, 0.15) is 6.04 Å². The fraction of sp³-hybridized carbons (Fsp3) is 0.846. The van der Waals surface area contributed by atoms with E-state index in [9.17, 15) is 9.59 Å². The van der Waals surface area contributed by atoms with E-state index in [0.717, 1.165) is 25.7 Å². The number of hydrogen-bond acceptors (Lipinski definition) is 3. The lowest BCUT2D eigenvalue weighted by Gasteiger charge is -2.15. The summed E-state index contributed by atoms with van der Waals surface area (Å²) in [5.41, 5.74) is 5.43. The van der Waals surface area contributed by atoms with E-state index in [1.165, 1.54) is 0 Å². The van der Waals surface area contributed by atoms with Crippen molar-refractivity contribution in [3.8, 4) is 0 Å². The fourth-order valence-corrected chi connectivity index (χ4v) is 1.74. The Balaban J connectivity index is 3.98. The van der Waals surface area contributed by atoms with Gasteiger partial charge in [-0.05, 0) is 31.7 Å². The van der Waals surface area contributed by atoms with E-state index in [0.29, 0.717) is 25.3 Å². The molecule has 0 saturated carbocycles. The lowest BCUT2D eigenvalue weighted by molar-refractivity contribution is -0.142. The average molecular weight is 258 g/mol. The number of aliphatic carboxylic acids is 1. The topological polar surface area (TPSA) is 92.4 Å². The third-order valence-electron chi connectivity index (χ3n) is 3.00. The Hall–Kier alpha value is -1.10. The lowest BCUT2D eigenvalue weighted by Crippen LogP contribution is -2.40. The van der Waals surface area contributed by atoms with Crippen molar-refractivity contribution in [2.45, 2.75) is 58.4 Å². The highest BCUT2D eigenvalue weighted by Crippen LogP contribution is 2.09. The van der Waals surface area contributed by atoms with E-state index >= 15 is 0 Å². The van der Waals surface area contributed by atoms with Gasteiger partial charge in [-0.1, -0.05) is 26.7 Å². The van der Waals surface area contributed by atoms with Gasteiger partial charge >= 0.3 is 5.97 Å². The molecule has 0 heterocycles. The van der Waals surface area contributed by atoms with E-state index in [4.69, 9.17) is 10.8 Å². The van der Waals surface area contributed by atoms with Crippen molar-refractivity contribution in [3.05, 3.63) is 0 Å². The molecule has 0 aromatic heterocycles. The molecular formula is C13H26N2O3. The first-order valence-corrected chi connectivity index (χ1v) is 6.73. The van der Waals surface area contributed by atoms with Gasteiger partial charge in [-0.25, -0.2) is 4.79 Å². The molecule has 0 rings (SSSR count). The lowest BCUT2D eigenvalue weighted by atomic mass is 10.0.